The lowest BCUT2D eigenvalue weighted by molar-refractivity contribution is 0.0685. The number of aromatic nitrogens is 1. The van der Waals surface area contributed by atoms with Crippen LogP contribution in [0, 0.1) is 0 Å². The van der Waals surface area contributed by atoms with Crippen LogP contribution in [0.4, 0.5) is 0 Å². The Hall–Kier alpha value is -1.34. The molecule has 0 aromatic carbocycles. The molecule has 1 N–H and O–H groups in total. The molecule has 1 aromatic heterocycles. The van der Waals surface area contributed by atoms with Crippen LogP contribution in [0.15, 0.2) is 17.2 Å². The van der Waals surface area contributed by atoms with Crippen molar-refractivity contribution in [1.82, 2.24) is 8.87 Å². The van der Waals surface area contributed by atoms with Gasteiger partial charge in [-0.2, -0.15) is 4.31 Å². The van der Waals surface area contributed by atoms with E-state index in [9.17, 15) is 18.3 Å². The minimum atomic E-state index is -3.65. The summed E-state index contributed by atoms with van der Waals surface area (Å²) in [4.78, 5) is 11.4. The maximum Gasteiger partial charge on any atom is 0.352 e. The highest BCUT2D eigenvalue weighted by Gasteiger charge is 2.33. The average Bonchev–Trinajstić information content (AvgIpc) is 3.13. The van der Waals surface area contributed by atoms with Crippen molar-refractivity contribution in [3.63, 3.8) is 0 Å². The lowest BCUT2D eigenvalue weighted by atomic mass is 10.4. The summed E-state index contributed by atoms with van der Waals surface area (Å²) >= 11 is 0. The fourth-order valence-corrected chi connectivity index (χ4v) is 4.19. The highest BCUT2D eigenvalue weighted by molar-refractivity contribution is 7.89. The second-order valence-electron chi connectivity index (χ2n) is 5.71. The number of aromatic carboxylic acids is 1. The van der Waals surface area contributed by atoms with Gasteiger partial charge in [-0.25, -0.2) is 13.2 Å². The molecule has 6 nitrogen and oxygen atoms in total. The fraction of sp³-hybridized carbons (Fsp3) is 0.643. The maximum atomic E-state index is 12.7. The molecular formula is C14H22N2O4S. The lowest BCUT2D eigenvalue weighted by Gasteiger charge is -2.24. The van der Waals surface area contributed by atoms with E-state index in [0.29, 0.717) is 13.0 Å². The van der Waals surface area contributed by atoms with Crippen molar-refractivity contribution in [3.8, 4) is 0 Å². The number of hydrogen-bond donors (Lipinski definition) is 1. The molecule has 1 fully saturated rings. The van der Waals surface area contributed by atoms with E-state index in [1.807, 2.05) is 20.8 Å². The number of hydrogen-bond acceptors (Lipinski definition) is 3. The third-order valence-corrected chi connectivity index (χ3v) is 5.65. The predicted molar refractivity (Wildman–Crippen MR) is 79.0 cm³/mol. The number of sulfonamides is 1. The van der Waals surface area contributed by atoms with Gasteiger partial charge in [0.1, 0.15) is 10.6 Å². The van der Waals surface area contributed by atoms with Gasteiger partial charge in [0.25, 0.3) is 0 Å². The summed E-state index contributed by atoms with van der Waals surface area (Å²) in [5.41, 5.74) is 0.0521. The summed E-state index contributed by atoms with van der Waals surface area (Å²) < 4.78 is 28.4. The number of carboxylic acids is 1. The molecule has 0 saturated heterocycles. The fourth-order valence-electron chi connectivity index (χ4n) is 2.43. The molecule has 0 aliphatic heterocycles. The third-order valence-electron chi connectivity index (χ3n) is 3.61. The SMILES string of the molecule is CCCN(C(C)C)S(=O)(=O)c1cc(C(=O)O)n(C2CC2)c1. The molecule has 0 atom stereocenters. The molecule has 21 heavy (non-hydrogen) atoms. The van der Waals surface area contributed by atoms with Crippen molar-refractivity contribution in [2.75, 3.05) is 6.54 Å². The molecule has 1 aromatic rings. The van der Waals surface area contributed by atoms with Crippen LogP contribution in [0.25, 0.3) is 0 Å². The van der Waals surface area contributed by atoms with Crippen LogP contribution in [0.2, 0.25) is 0 Å². The van der Waals surface area contributed by atoms with Gasteiger partial charge < -0.3 is 9.67 Å². The molecule has 0 bridgehead atoms. The third kappa shape index (κ3) is 3.13. The Labute approximate surface area is 125 Å². The Morgan fingerprint density at radius 3 is 2.52 bits per heavy atom. The predicted octanol–water partition coefficient (Wildman–Crippen LogP) is 2.33. The van der Waals surface area contributed by atoms with Crippen molar-refractivity contribution in [2.24, 2.45) is 0 Å². The Morgan fingerprint density at radius 2 is 2.10 bits per heavy atom. The van der Waals surface area contributed by atoms with Crippen LogP contribution in [-0.2, 0) is 10.0 Å². The van der Waals surface area contributed by atoms with Crippen LogP contribution >= 0.6 is 0 Å². The number of carbonyl (C=O) groups is 1. The molecule has 2 rings (SSSR count). The summed E-state index contributed by atoms with van der Waals surface area (Å²) in [6.45, 7) is 5.99. The number of carboxylic acid groups (broad SMARTS) is 1. The van der Waals surface area contributed by atoms with Crippen LogP contribution in [0.1, 0.15) is 56.6 Å². The standard InChI is InChI=1S/C14H22N2O4S/c1-4-7-16(10(2)3)21(19,20)12-8-13(14(17)18)15(9-12)11-5-6-11/h8-11H,4-7H2,1-3H3,(H,17,18). The Kier molecular flexibility index (Phi) is 4.43. The highest BCUT2D eigenvalue weighted by atomic mass is 32.2. The quantitative estimate of drug-likeness (QED) is 0.837. The van der Waals surface area contributed by atoms with Crippen LogP contribution < -0.4 is 0 Å². The van der Waals surface area contributed by atoms with Gasteiger partial charge in [0.2, 0.25) is 10.0 Å². The zero-order valence-electron chi connectivity index (χ0n) is 12.6. The zero-order valence-corrected chi connectivity index (χ0v) is 13.4. The van der Waals surface area contributed by atoms with E-state index < -0.39 is 16.0 Å². The summed E-state index contributed by atoms with van der Waals surface area (Å²) in [7, 11) is -3.65. The summed E-state index contributed by atoms with van der Waals surface area (Å²) in [5, 5.41) is 9.24. The van der Waals surface area contributed by atoms with Gasteiger partial charge >= 0.3 is 5.97 Å². The minimum absolute atomic E-state index is 0.0521. The Morgan fingerprint density at radius 1 is 1.48 bits per heavy atom. The first-order valence-electron chi connectivity index (χ1n) is 7.26. The summed E-state index contributed by atoms with van der Waals surface area (Å²) in [5.74, 6) is -1.09. The number of nitrogens with zero attached hydrogens (tertiary/aromatic N) is 2. The van der Waals surface area contributed by atoms with Gasteiger partial charge in [0.15, 0.2) is 0 Å². The highest BCUT2D eigenvalue weighted by Crippen LogP contribution is 2.37. The molecule has 118 valence electrons. The van der Waals surface area contributed by atoms with E-state index in [0.717, 1.165) is 12.8 Å². The smallest absolute Gasteiger partial charge is 0.352 e. The van der Waals surface area contributed by atoms with Crippen molar-refractivity contribution in [1.29, 1.82) is 0 Å². The van der Waals surface area contributed by atoms with E-state index in [1.165, 1.54) is 16.6 Å². The van der Waals surface area contributed by atoms with Gasteiger partial charge in [0, 0.05) is 24.8 Å². The van der Waals surface area contributed by atoms with Crippen molar-refractivity contribution in [2.45, 2.75) is 57.0 Å². The molecule has 1 heterocycles. The van der Waals surface area contributed by atoms with Gasteiger partial charge in [-0.05, 0) is 39.2 Å². The molecule has 1 saturated carbocycles. The van der Waals surface area contributed by atoms with Gasteiger partial charge in [-0.3, -0.25) is 0 Å². The summed E-state index contributed by atoms with van der Waals surface area (Å²) in [6.07, 6.45) is 3.99. The largest absolute Gasteiger partial charge is 0.477 e. The maximum absolute atomic E-state index is 12.7. The molecule has 0 spiro atoms. The Balaban J connectivity index is 2.44. The second kappa shape index (κ2) is 5.81. The van der Waals surface area contributed by atoms with Crippen molar-refractivity contribution >= 4 is 16.0 Å². The molecule has 1 aliphatic carbocycles. The van der Waals surface area contributed by atoms with E-state index in [2.05, 4.69) is 0 Å². The first kappa shape index (κ1) is 16.0. The van der Waals surface area contributed by atoms with Crippen LogP contribution in [0.5, 0.6) is 0 Å². The second-order valence-corrected chi connectivity index (χ2v) is 7.60. The van der Waals surface area contributed by atoms with Gasteiger partial charge in [0.05, 0.1) is 0 Å². The van der Waals surface area contributed by atoms with Crippen molar-refractivity contribution < 1.29 is 18.3 Å². The van der Waals surface area contributed by atoms with Crippen molar-refractivity contribution in [3.05, 3.63) is 18.0 Å². The minimum Gasteiger partial charge on any atom is -0.477 e. The first-order chi connectivity index (χ1) is 9.78. The van der Waals surface area contributed by atoms with E-state index in [-0.39, 0.29) is 22.7 Å². The molecule has 1 aliphatic rings. The number of rotatable bonds is 7. The van der Waals surface area contributed by atoms with E-state index in [4.69, 9.17) is 0 Å². The lowest BCUT2D eigenvalue weighted by Crippen LogP contribution is -2.37. The van der Waals surface area contributed by atoms with E-state index >= 15 is 0 Å². The summed E-state index contributed by atoms with van der Waals surface area (Å²) in [6, 6.07) is 1.24. The Bertz CT molecular complexity index is 629. The molecule has 0 amide bonds. The molecule has 0 unspecified atom stereocenters. The molecule has 7 heteroatoms. The van der Waals surface area contributed by atoms with Gasteiger partial charge in [-0.1, -0.05) is 6.92 Å². The first-order valence-corrected chi connectivity index (χ1v) is 8.70. The topological polar surface area (TPSA) is 79.6 Å². The average molecular weight is 314 g/mol. The van der Waals surface area contributed by atoms with Crippen LogP contribution in [0.3, 0.4) is 0 Å². The van der Waals surface area contributed by atoms with Crippen LogP contribution in [-0.4, -0.2) is 41.0 Å². The molecular weight excluding hydrogens is 292 g/mol. The molecule has 0 radical (unpaired) electrons. The normalized spacial score (nSPS) is 15.9. The van der Waals surface area contributed by atoms with E-state index in [1.54, 1.807) is 4.57 Å². The zero-order chi connectivity index (χ0) is 15.8. The van der Waals surface area contributed by atoms with Gasteiger partial charge in [-0.15, -0.1) is 0 Å². The monoisotopic (exact) mass is 314 g/mol.